The molecule has 0 spiro atoms. The van der Waals surface area contributed by atoms with Gasteiger partial charge in [0, 0.05) is 24.4 Å². The molecule has 178 valence electrons. The molecule has 1 aromatic carbocycles. The van der Waals surface area contributed by atoms with Crippen LogP contribution < -0.4 is 20.1 Å². The first kappa shape index (κ1) is 24.5. The van der Waals surface area contributed by atoms with Gasteiger partial charge in [0.05, 0.1) is 31.4 Å². The zero-order valence-corrected chi connectivity index (χ0v) is 20.4. The van der Waals surface area contributed by atoms with E-state index in [4.69, 9.17) is 14.5 Å². The Kier molecular flexibility index (Phi) is 7.92. The van der Waals surface area contributed by atoms with Crippen LogP contribution in [0.15, 0.2) is 30.5 Å². The number of anilines is 2. The first-order valence-corrected chi connectivity index (χ1v) is 11.3. The van der Waals surface area contributed by atoms with Crippen LogP contribution in [0.2, 0.25) is 0 Å². The molecule has 0 aliphatic carbocycles. The lowest BCUT2D eigenvalue weighted by Gasteiger charge is -2.34. The molecule has 0 fully saturated rings. The van der Waals surface area contributed by atoms with Crippen LogP contribution >= 0.6 is 0 Å². The molecule has 8 heteroatoms. The molecule has 0 amide bonds. The standard InChI is InChI=1S/C25H35N5O3/c1-7-8-11-25(4,17(3)31)30-23-22-20(12-16(2)14-26-22)28-24(29-23)27-15-18-9-10-19(32-5)13-21(18)33-6/h9-10,12-14,17,31H,7-8,11,15H2,1-6H3,(H2,27,28,29,30)/t17-,25+/m0/s1. The highest BCUT2D eigenvalue weighted by atomic mass is 16.5. The van der Waals surface area contributed by atoms with Crippen LogP contribution in [0.25, 0.3) is 11.0 Å². The third kappa shape index (κ3) is 5.82. The van der Waals surface area contributed by atoms with Crippen molar-refractivity contribution in [1.29, 1.82) is 0 Å². The second kappa shape index (κ2) is 10.7. The molecule has 33 heavy (non-hydrogen) atoms. The number of nitrogens with one attached hydrogen (secondary N) is 2. The number of methoxy groups -OCH3 is 2. The number of benzene rings is 1. The minimum Gasteiger partial charge on any atom is -0.497 e. The van der Waals surface area contributed by atoms with Gasteiger partial charge in [-0.3, -0.25) is 4.98 Å². The van der Waals surface area contributed by atoms with E-state index in [-0.39, 0.29) is 0 Å². The van der Waals surface area contributed by atoms with Crippen molar-refractivity contribution in [3.8, 4) is 11.5 Å². The molecule has 0 aliphatic heterocycles. The van der Waals surface area contributed by atoms with Crippen molar-refractivity contribution in [2.45, 2.75) is 65.1 Å². The van der Waals surface area contributed by atoms with Crippen molar-refractivity contribution in [3.05, 3.63) is 41.6 Å². The van der Waals surface area contributed by atoms with E-state index in [1.165, 1.54) is 0 Å². The fourth-order valence-electron chi connectivity index (χ4n) is 3.65. The lowest BCUT2D eigenvalue weighted by atomic mass is 9.89. The average Bonchev–Trinajstić information content (AvgIpc) is 2.80. The van der Waals surface area contributed by atoms with E-state index in [0.717, 1.165) is 47.4 Å². The van der Waals surface area contributed by atoms with Gasteiger partial charge in [-0.05, 0) is 51.0 Å². The number of unbranched alkanes of at least 4 members (excludes halogenated alkanes) is 1. The maximum atomic E-state index is 10.5. The molecule has 0 bridgehead atoms. The second-order valence-corrected chi connectivity index (χ2v) is 8.63. The number of rotatable bonds is 11. The summed E-state index contributed by atoms with van der Waals surface area (Å²) in [5.74, 6) is 2.53. The summed E-state index contributed by atoms with van der Waals surface area (Å²) in [6.45, 7) is 8.42. The highest BCUT2D eigenvalue weighted by molar-refractivity contribution is 5.86. The molecule has 0 aliphatic rings. The Labute approximate surface area is 195 Å². The predicted molar refractivity (Wildman–Crippen MR) is 132 cm³/mol. The van der Waals surface area contributed by atoms with Gasteiger partial charge >= 0.3 is 0 Å². The summed E-state index contributed by atoms with van der Waals surface area (Å²) in [6.07, 6.45) is 4.08. The summed E-state index contributed by atoms with van der Waals surface area (Å²) in [5, 5.41) is 17.3. The molecule has 0 unspecified atom stereocenters. The van der Waals surface area contributed by atoms with Crippen molar-refractivity contribution in [2.24, 2.45) is 0 Å². The van der Waals surface area contributed by atoms with Crippen LogP contribution in [0.5, 0.6) is 11.5 Å². The molecule has 2 aromatic heterocycles. The summed E-state index contributed by atoms with van der Waals surface area (Å²) in [4.78, 5) is 14.0. The van der Waals surface area contributed by atoms with Gasteiger partial charge in [-0.1, -0.05) is 19.8 Å². The topological polar surface area (TPSA) is 101 Å². The van der Waals surface area contributed by atoms with Gasteiger partial charge in [-0.2, -0.15) is 4.98 Å². The van der Waals surface area contributed by atoms with Crippen LogP contribution in [0.3, 0.4) is 0 Å². The summed E-state index contributed by atoms with van der Waals surface area (Å²) in [5.41, 5.74) is 2.84. The van der Waals surface area contributed by atoms with E-state index in [2.05, 4.69) is 27.5 Å². The minimum atomic E-state index is -0.570. The van der Waals surface area contributed by atoms with E-state index in [0.29, 0.717) is 23.8 Å². The van der Waals surface area contributed by atoms with Gasteiger partial charge in [0.2, 0.25) is 5.95 Å². The Hall–Kier alpha value is -3.13. The fourth-order valence-corrected chi connectivity index (χ4v) is 3.65. The molecular weight excluding hydrogens is 418 g/mol. The van der Waals surface area contributed by atoms with Gasteiger partial charge in [-0.15, -0.1) is 0 Å². The molecular formula is C25H35N5O3. The van der Waals surface area contributed by atoms with E-state index < -0.39 is 11.6 Å². The third-order valence-electron chi connectivity index (χ3n) is 5.98. The number of nitrogens with zero attached hydrogens (tertiary/aromatic N) is 3. The van der Waals surface area contributed by atoms with Crippen molar-refractivity contribution >= 4 is 22.8 Å². The number of aromatic nitrogens is 3. The Bertz CT molecular complexity index is 1090. The fraction of sp³-hybridized carbons (Fsp3) is 0.480. The number of hydrogen-bond acceptors (Lipinski definition) is 8. The van der Waals surface area contributed by atoms with Crippen molar-refractivity contribution in [2.75, 3.05) is 24.9 Å². The van der Waals surface area contributed by atoms with E-state index in [1.807, 2.05) is 38.1 Å². The molecule has 0 saturated carbocycles. The molecule has 0 radical (unpaired) electrons. The van der Waals surface area contributed by atoms with Crippen molar-refractivity contribution in [1.82, 2.24) is 15.0 Å². The molecule has 2 atom stereocenters. The molecule has 3 N–H and O–H groups in total. The zero-order valence-electron chi connectivity index (χ0n) is 20.4. The van der Waals surface area contributed by atoms with Gasteiger partial charge in [0.15, 0.2) is 5.82 Å². The zero-order chi connectivity index (χ0) is 24.0. The quantitative estimate of drug-likeness (QED) is 0.384. The summed E-state index contributed by atoms with van der Waals surface area (Å²) in [7, 11) is 3.26. The largest absolute Gasteiger partial charge is 0.497 e. The predicted octanol–water partition coefficient (Wildman–Crippen LogP) is 4.70. The molecule has 3 aromatic rings. The van der Waals surface area contributed by atoms with E-state index >= 15 is 0 Å². The number of aliphatic hydroxyl groups excluding tert-OH is 1. The van der Waals surface area contributed by atoms with Crippen LogP contribution in [0.4, 0.5) is 11.8 Å². The minimum absolute atomic E-state index is 0.471. The van der Waals surface area contributed by atoms with Crippen molar-refractivity contribution < 1.29 is 14.6 Å². The number of aliphatic hydroxyl groups is 1. The number of hydrogen-bond donors (Lipinski definition) is 3. The van der Waals surface area contributed by atoms with E-state index in [9.17, 15) is 5.11 Å². The van der Waals surface area contributed by atoms with Gasteiger partial charge in [-0.25, -0.2) is 4.98 Å². The van der Waals surface area contributed by atoms with Gasteiger partial charge in [0.25, 0.3) is 0 Å². The monoisotopic (exact) mass is 453 g/mol. The van der Waals surface area contributed by atoms with Gasteiger partial charge in [0.1, 0.15) is 17.0 Å². The lowest BCUT2D eigenvalue weighted by molar-refractivity contribution is 0.116. The average molecular weight is 454 g/mol. The number of aryl methyl sites for hydroxylation is 1. The van der Waals surface area contributed by atoms with Crippen molar-refractivity contribution in [3.63, 3.8) is 0 Å². The number of ether oxygens (including phenoxy) is 2. The number of fused-ring (bicyclic) bond motifs is 1. The molecule has 0 saturated heterocycles. The van der Waals surface area contributed by atoms with Crippen LogP contribution in [-0.4, -0.2) is 45.9 Å². The SMILES string of the molecule is CCCC[C@@](C)(Nc1nc(NCc2ccc(OC)cc2OC)nc2cc(C)cnc12)[C@H](C)O. The molecule has 8 nitrogen and oxygen atoms in total. The first-order valence-electron chi connectivity index (χ1n) is 11.3. The molecule has 2 heterocycles. The smallest absolute Gasteiger partial charge is 0.225 e. The maximum Gasteiger partial charge on any atom is 0.225 e. The highest BCUT2D eigenvalue weighted by Gasteiger charge is 2.30. The van der Waals surface area contributed by atoms with E-state index in [1.54, 1.807) is 27.3 Å². The Morgan fingerprint density at radius 1 is 1.15 bits per heavy atom. The number of pyridine rings is 1. The Morgan fingerprint density at radius 2 is 1.94 bits per heavy atom. The Morgan fingerprint density at radius 3 is 2.61 bits per heavy atom. The summed E-state index contributed by atoms with van der Waals surface area (Å²) >= 11 is 0. The Balaban J connectivity index is 1.95. The lowest BCUT2D eigenvalue weighted by Crippen LogP contribution is -2.45. The first-order chi connectivity index (χ1) is 15.8. The van der Waals surface area contributed by atoms with Crippen LogP contribution in [0, 0.1) is 6.92 Å². The van der Waals surface area contributed by atoms with Crippen LogP contribution in [-0.2, 0) is 6.54 Å². The maximum absolute atomic E-state index is 10.5. The highest BCUT2D eigenvalue weighted by Crippen LogP contribution is 2.29. The molecule has 3 rings (SSSR count). The van der Waals surface area contributed by atoms with Gasteiger partial charge < -0.3 is 25.2 Å². The normalized spacial score (nSPS) is 13.9. The third-order valence-corrected chi connectivity index (χ3v) is 5.98. The second-order valence-electron chi connectivity index (χ2n) is 8.63. The summed E-state index contributed by atoms with van der Waals surface area (Å²) < 4.78 is 10.8. The van der Waals surface area contributed by atoms with Crippen LogP contribution in [0.1, 0.15) is 51.2 Å². The summed E-state index contributed by atoms with van der Waals surface area (Å²) in [6, 6.07) is 7.68.